The maximum Gasteiger partial charge on any atom is 0.316 e. The van der Waals surface area contributed by atoms with E-state index in [0.717, 1.165) is 16.4 Å². The standard InChI is InChI=1S/C15H15F2N3O3S/c16-11-2-3-13(17)14(10-11)24(21,22)20-8-4-12(5-9-20)23-15-18-6-1-7-19-15/h1-3,6-7,10,12H,4-5,8-9H2. The summed E-state index contributed by atoms with van der Waals surface area (Å²) in [5, 5.41) is 0. The molecule has 1 aromatic heterocycles. The van der Waals surface area contributed by atoms with E-state index in [0.29, 0.717) is 18.9 Å². The maximum absolute atomic E-state index is 13.8. The van der Waals surface area contributed by atoms with Crippen LogP contribution in [0.3, 0.4) is 0 Å². The number of halogens is 2. The average Bonchev–Trinajstić information content (AvgIpc) is 2.58. The van der Waals surface area contributed by atoms with E-state index in [1.165, 1.54) is 0 Å². The fourth-order valence-electron chi connectivity index (χ4n) is 2.50. The zero-order valence-corrected chi connectivity index (χ0v) is 13.4. The molecule has 9 heteroatoms. The van der Waals surface area contributed by atoms with E-state index in [-0.39, 0.29) is 25.2 Å². The molecular weight excluding hydrogens is 340 g/mol. The lowest BCUT2D eigenvalue weighted by atomic mass is 10.1. The number of rotatable bonds is 4. The van der Waals surface area contributed by atoms with Crippen molar-refractivity contribution in [1.29, 1.82) is 0 Å². The monoisotopic (exact) mass is 355 g/mol. The Bertz CT molecular complexity index is 810. The lowest BCUT2D eigenvalue weighted by Gasteiger charge is -2.30. The highest BCUT2D eigenvalue weighted by Crippen LogP contribution is 2.24. The largest absolute Gasteiger partial charge is 0.460 e. The summed E-state index contributed by atoms with van der Waals surface area (Å²) in [6.45, 7) is 0.297. The van der Waals surface area contributed by atoms with Crippen molar-refractivity contribution in [2.45, 2.75) is 23.8 Å². The zero-order valence-electron chi connectivity index (χ0n) is 12.6. The summed E-state index contributed by atoms with van der Waals surface area (Å²) >= 11 is 0. The molecule has 0 saturated carbocycles. The average molecular weight is 355 g/mol. The predicted octanol–water partition coefficient (Wildman–Crippen LogP) is 1.99. The minimum Gasteiger partial charge on any atom is -0.460 e. The van der Waals surface area contributed by atoms with Gasteiger partial charge in [-0.15, -0.1) is 0 Å². The van der Waals surface area contributed by atoms with Gasteiger partial charge in [0.05, 0.1) is 0 Å². The Balaban J connectivity index is 1.68. The zero-order chi connectivity index (χ0) is 17.2. The number of piperidine rings is 1. The Kier molecular flexibility index (Phi) is 4.72. The Morgan fingerprint density at radius 1 is 1.12 bits per heavy atom. The molecule has 0 spiro atoms. The van der Waals surface area contributed by atoms with Crippen LogP contribution in [0, 0.1) is 11.6 Å². The molecule has 1 saturated heterocycles. The highest BCUT2D eigenvalue weighted by Gasteiger charge is 2.32. The van der Waals surface area contributed by atoms with Crippen LogP contribution < -0.4 is 4.74 Å². The molecule has 0 radical (unpaired) electrons. The maximum atomic E-state index is 13.8. The molecule has 24 heavy (non-hydrogen) atoms. The number of sulfonamides is 1. The molecule has 1 fully saturated rings. The smallest absolute Gasteiger partial charge is 0.316 e. The Labute approximate surface area is 138 Å². The van der Waals surface area contributed by atoms with Gasteiger partial charge in [0, 0.05) is 25.5 Å². The van der Waals surface area contributed by atoms with Crippen LogP contribution in [0.5, 0.6) is 6.01 Å². The third-order valence-corrected chi connectivity index (χ3v) is 5.64. The summed E-state index contributed by atoms with van der Waals surface area (Å²) < 4.78 is 58.7. The van der Waals surface area contributed by atoms with Crippen molar-refractivity contribution in [3.63, 3.8) is 0 Å². The second-order valence-electron chi connectivity index (χ2n) is 5.33. The molecule has 0 N–H and O–H groups in total. The van der Waals surface area contributed by atoms with Crippen molar-refractivity contribution in [3.8, 4) is 6.01 Å². The van der Waals surface area contributed by atoms with Gasteiger partial charge in [-0.25, -0.2) is 27.2 Å². The molecule has 1 aromatic carbocycles. The second kappa shape index (κ2) is 6.78. The number of hydrogen-bond donors (Lipinski definition) is 0. The molecular formula is C15H15F2N3O3S. The highest BCUT2D eigenvalue weighted by molar-refractivity contribution is 7.89. The van der Waals surface area contributed by atoms with Crippen molar-refractivity contribution < 1.29 is 21.9 Å². The summed E-state index contributed by atoms with van der Waals surface area (Å²) in [7, 11) is -4.08. The molecule has 2 heterocycles. The molecule has 128 valence electrons. The first-order chi connectivity index (χ1) is 11.5. The van der Waals surface area contributed by atoms with Gasteiger partial charge >= 0.3 is 6.01 Å². The summed E-state index contributed by atoms with van der Waals surface area (Å²) in [5.74, 6) is -1.76. The number of aromatic nitrogens is 2. The van der Waals surface area contributed by atoms with E-state index in [4.69, 9.17) is 4.74 Å². The quantitative estimate of drug-likeness (QED) is 0.839. The summed E-state index contributed by atoms with van der Waals surface area (Å²) in [6.07, 6.45) is 3.70. The first kappa shape index (κ1) is 16.7. The van der Waals surface area contributed by atoms with Gasteiger partial charge in [-0.3, -0.25) is 0 Å². The van der Waals surface area contributed by atoms with Gasteiger partial charge in [0.15, 0.2) is 0 Å². The topological polar surface area (TPSA) is 72.4 Å². The lowest BCUT2D eigenvalue weighted by Crippen LogP contribution is -2.42. The summed E-state index contributed by atoms with van der Waals surface area (Å²) in [5.41, 5.74) is 0. The van der Waals surface area contributed by atoms with Gasteiger partial charge in [-0.05, 0) is 37.1 Å². The highest BCUT2D eigenvalue weighted by atomic mass is 32.2. The van der Waals surface area contributed by atoms with Crippen LogP contribution in [0.2, 0.25) is 0 Å². The summed E-state index contributed by atoms with van der Waals surface area (Å²) in [6, 6.07) is 4.29. The van der Waals surface area contributed by atoms with Gasteiger partial charge in [0.25, 0.3) is 0 Å². The van der Waals surface area contributed by atoms with Crippen molar-refractivity contribution >= 4 is 10.0 Å². The van der Waals surface area contributed by atoms with Crippen LogP contribution in [0.4, 0.5) is 8.78 Å². The number of benzene rings is 1. The van der Waals surface area contributed by atoms with Crippen LogP contribution >= 0.6 is 0 Å². The normalized spacial score (nSPS) is 16.9. The molecule has 0 atom stereocenters. The molecule has 0 unspecified atom stereocenters. The molecule has 2 aromatic rings. The first-order valence-electron chi connectivity index (χ1n) is 7.36. The van der Waals surface area contributed by atoms with E-state index in [9.17, 15) is 17.2 Å². The summed E-state index contributed by atoms with van der Waals surface area (Å²) in [4.78, 5) is 7.26. The molecule has 0 bridgehead atoms. The van der Waals surface area contributed by atoms with E-state index in [1.807, 2.05) is 0 Å². The fraction of sp³-hybridized carbons (Fsp3) is 0.333. The molecule has 1 aliphatic heterocycles. The minimum absolute atomic E-state index is 0.149. The third-order valence-electron chi connectivity index (χ3n) is 3.73. The van der Waals surface area contributed by atoms with E-state index in [1.54, 1.807) is 18.5 Å². The predicted molar refractivity (Wildman–Crippen MR) is 80.8 cm³/mol. The second-order valence-corrected chi connectivity index (χ2v) is 7.23. The van der Waals surface area contributed by atoms with E-state index < -0.39 is 26.6 Å². The molecule has 0 amide bonds. The van der Waals surface area contributed by atoms with Crippen LogP contribution in [0.1, 0.15) is 12.8 Å². The van der Waals surface area contributed by atoms with E-state index >= 15 is 0 Å². The van der Waals surface area contributed by atoms with Crippen LogP contribution in [0.25, 0.3) is 0 Å². The van der Waals surface area contributed by atoms with Gasteiger partial charge in [0.2, 0.25) is 10.0 Å². The van der Waals surface area contributed by atoms with Crippen molar-refractivity contribution in [3.05, 3.63) is 48.3 Å². The van der Waals surface area contributed by atoms with Crippen molar-refractivity contribution in [2.24, 2.45) is 0 Å². The number of nitrogens with zero attached hydrogens (tertiary/aromatic N) is 3. The molecule has 6 nitrogen and oxygen atoms in total. The number of hydrogen-bond acceptors (Lipinski definition) is 5. The third kappa shape index (κ3) is 3.51. The van der Waals surface area contributed by atoms with Gasteiger partial charge < -0.3 is 4.74 Å². The van der Waals surface area contributed by atoms with E-state index in [2.05, 4.69) is 9.97 Å². The number of ether oxygens (including phenoxy) is 1. The minimum atomic E-state index is -4.08. The first-order valence-corrected chi connectivity index (χ1v) is 8.80. The van der Waals surface area contributed by atoms with Gasteiger partial charge in [-0.2, -0.15) is 4.31 Å². The van der Waals surface area contributed by atoms with Gasteiger partial charge in [-0.1, -0.05) is 0 Å². The fourth-order valence-corrected chi connectivity index (χ4v) is 4.05. The van der Waals surface area contributed by atoms with Crippen LogP contribution in [-0.2, 0) is 10.0 Å². The molecule has 0 aliphatic carbocycles. The van der Waals surface area contributed by atoms with Crippen LogP contribution in [-0.4, -0.2) is 41.9 Å². The van der Waals surface area contributed by atoms with Crippen molar-refractivity contribution in [1.82, 2.24) is 14.3 Å². The molecule has 1 aliphatic rings. The Morgan fingerprint density at radius 3 is 2.46 bits per heavy atom. The SMILES string of the molecule is O=S(=O)(c1cc(F)ccc1F)N1CCC(Oc2ncccn2)CC1. The van der Waals surface area contributed by atoms with Crippen LogP contribution in [0.15, 0.2) is 41.6 Å². The Hall–Kier alpha value is -2.13. The lowest BCUT2D eigenvalue weighted by molar-refractivity contribution is 0.124. The van der Waals surface area contributed by atoms with Gasteiger partial charge in [0.1, 0.15) is 22.6 Å². The van der Waals surface area contributed by atoms with Crippen molar-refractivity contribution in [2.75, 3.05) is 13.1 Å². The Morgan fingerprint density at radius 2 is 1.79 bits per heavy atom. The molecule has 3 rings (SSSR count).